The van der Waals surface area contributed by atoms with E-state index in [0.29, 0.717) is 13.1 Å². The molecule has 2 heterocycles. The zero-order chi connectivity index (χ0) is 19.5. The number of carbonyl (C=O) groups is 1. The summed E-state index contributed by atoms with van der Waals surface area (Å²) in [7, 11) is 0. The van der Waals surface area contributed by atoms with Gasteiger partial charge >= 0.3 is 5.97 Å². The topological polar surface area (TPSA) is 88.6 Å². The number of hydrogen-bond acceptors (Lipinski definition) is 4. The van der Waals surface area contributed by atoms with Crippen LogP contribution >= 0.6 is 0 Å². The second kappa shape index (κ2) is 6.30. The van der Waals surface area contributed by atoms with Crippen molar-refractivity contribution in [2.45, 2.75) is 38.3 Å². The highest BCUT2D eigenvalue weighted by atomic mass is 19.1. The molecule has 0 amide bonds. The van der Waals surface area contributed by atoms with E-state index < -0.39 is 28.6 Å². The molecule has 27 heavy (non-hydrogen) atoms. The minimum absolute atomic E-state index is 0.0202. The summed E-state index contributed by atoms with van der Waals surface area (Å²) in [5.74, 6) is -2.93. The maximum atomic E-state index is 15.5. The van der Waals surface area contributed by atoms with Gasteiger partial charge in [-0.2, -0.15) is 0 Å². The Morgan fingerprint density at radius 2 is 2.04 bits per heavy atom. The molecule has 0 radical (unpaired) electrons. The predicted molar refractivity (Wildman–Crippen MR) is 97.3 cm³/mol. The fourth-order valence-electron chi connectivity index (χ4n) is 3.93. The van der Waals surface area contributed by atoms with Crippen LogP contribution in [-0.4, -0.2) is 34.8 Å². The van der Waals surface area contributed by atoms with Crippen LogP contribution < -0.4 is 16.1 Å². The highest BCUT2D eigenvalue weighted by molar-refractivity contribution is 5.94. The maximum Gasteiger partial charge on any atom is 0.341 e. The summed E-state index contributed by atoms with van der Waals surface area (Å²) in [6.45, 7) is 2.80. The number of nitrogens with two attached hydrogens (primary N) is 1. The van der Waals surface area contributed by atoms with Crippen molar-refractivity contribution in [2.75, 3.05) is 18.0 Å². The molecule has 3 N–H and O–H groups in total. The Bertz CT molecular complexity index is 998. The molecular formula is C19H21F2N3O3. The average molecular weight is 377 g/mol. The first kappa shape index (κ1) is 17.9. The molecule has 2 aromatic rings. The summed E-state index contributed by atoms with van der Waals surface area (Å²) >= 11 is 0. The lowest BCUT2D eigenvalue weighted by Crippen LogP contribution is -2.30. The van der Waals surface area contributed by atoms with E-state index >= 15 is 4.39 Å². The number of carboxylic acid groups (broad SMARTS) is 1. The Morgan fingerprint density at radius 1 is 1.33 bits per heavy atom. The number of pyridine rings is 1. The first-order chi connectivity index (χ1) is 12.8. The lowest BCUT2D eigenvalue weighted by Gasteiger charge is -2.23. The average Bonchev–Trinajstić information content (AvgIpc) is 3.32. The van der Waals surface area contributed by atoms with E-state index in [4.69, 9.17) is 5.73 Å². The molecule has 1 aliphatic heterocycles. The second-order valence-corrected chi connectivity index (χ2v) is 7.59. The van der Waals surface area contributed by atoms with Gasteiger partial charge in [0, 0.05) is 31.4 Å². The lowest BCUT2D eigenvalue weighted by atomic mass is 10.0. The molecule has 0 unspecified atom stereocenters. The van der Waals surface area contributed by atoms with Gasteiger partial charge in [0.25, 0.3) is 0 Å². The van der Waals surface area contributed by atoms with Gasteiger partial charge < -0.3 is 20.3 Å². The van der Waals surface area contributed by atoms with Gasteiger partial charge in [0.2, 0.25) is 5.43 Å². The summed E-state index contributed by atoms with van der Waals surface area (Å²) in [4.78, 5) is 25.5. The van der Waals surface area contributed by atoms with Gasteiger partial charge in [-0.05, 0) is 38.2 Å². The van der Waals surface area contributed by atoms with Crippen LogP contribution in [0.25, 0.3) is 10.9 Å². The van der Waals surface area contributed by atoms with Crippen LogP contribution in [0, 0.1) is 17.6 Å². The number of aromatic nitrogens is 1. The monoisotopic (exact) mass is 377 g/mol. The van der Waals surface area contributed by atoms with Gasteiger partial charge in [-0.3, -0.25) is 4.79 Å². The van der Waals surface area contributed by atoms with Crippen molar-refractivity contribution in [2.24, 2.45) is 11.7 Å². The number of hydrogen-bond donors (Lipinski definition) is 2. The molecule has 2 aliphatic rings. The minimum atomic E-state index is -1.40. The highest BCUT2D eigenvalue weighted by Crippen LogP contribution is 2.40. The van der Waals surface area contributed by atoms with Gasteiger partial charge in [0.15, 0.2) is 5.82 Å². The highest BCUT2D eigenvalue weighted by Gasteiger charge is 2.33. The first-order valence-electron chi connectivity index (χ1n) is 9.10. The predicted octanol–water partition coefficient (Wildman–Crippen LogP) is 2.49. The quantitative estimate of drug-likeness (QED) is 0.855. The number of nitrogens with zero attached hydrogens (tertiary/aromatic N) is 2. The van der Waals surface area contributed by atoms with Crippen molar-refractivity contribution in [3.8, 4) is 0 Å². The molecule has 1 aromatic carbocycles. The van der Waals surface area contributed by atoms with Gasteiger partial charge in [-0.15, -0.1) is 0 Å². The number of aromatic carboxylic acids is 1. The smallest absolute Gasteiger partial charge is 0.341 e. The van der Waals surface area contributed by atoms with Crippen LogP contribution in [-0.2, 0) is 0 Å². The molecule has 2 fully saturated rings. The Balaban J connectivity index is 1.94. The van der Waals surface area contributed by atoms with Crippen molar-refractivity contribution in [1.29, 1.82) is 0 Å². The minimum Gasteiger partial charge on any atom is -0.477 e. The summed E-state index contributed by atoms with van der Waals surface area (Å²) < 4.78 is 31.7. The van der Waals surface area contributed by atoms with Crippen molar-refractivity contribution < 1.29 is 18.7 Å². The molecule has 0 bridgehead atoms. The van der Waals surface area contributed by atoms with Gasteiger partial charge in [-0.1, -0.05) is 0 Å². The zero-order valence-corrected chi connectivity index (χ0v) is 14.9. The Hall–Kier alpha value is -2.48. The molecule has 2 atom stereocenters. The van der Waals surface area contributed by atoms with Crippen LogP contribution in [0.2, 0.25) is 0 Å². The van der Waals surface area contributed by atoms with Crippen molar-refractivity contribution in [3.63, 3.8) is 0 Å². The molecule has 8 heteroatoms. The van der Waals surface area contributed by atoms with Crippen LogP contribution in [0.4, 0.5) is 14.5 Å². The van der Waals surface area contributed by atoms with Crippen LogP contribution in [0.15, 0.2) is 17.1 Å². The van der Waals surface area contributed by atoms with E-state index in [9.17, 15) is 19.1 Å². The molecule has 1 saturated heterocycles. The number of halogens is 2. The molecule has 0 spiro atoms. The van der Waals surface area contributed by atoms with Crippen LogP contribution in [0.3, 0.4) is 0 Å². The molecule has 1 saturated carbocycles. The van der Waals surface area contributed by atoms with Crippen molar-refractivity contribution in [1.82, 2.24) is 4.57 Å². The maximum absolute atomic E-state index is 15.5. The fourth-order valence-corrected chi connectivity index (χ4v) is 3.93. The fraction of sp³-hybridized carbons (Fsp3) is 0.474. The third kappa shape index (κ3) is 2.88. The third-order valence-corrected chi connectivity index (χ3v) is 5.64. The van der Waals surface area contributed by atoms with E-state index in [1.807, 2.05) is 6.92 Å². The Labute approximate surface area is 154 Å². The summed E-state index contributed by atoms with van der Waals surface area (Å²) in [6, 6.07) is 0.819. The standard InChI is InChI=1S/C19H21F2N3O3/c1-9(22)10-4-5-23(7-10)17-14(20)6-12-16(15(17)21)24(11-2-3-11)8-13(18(12)25)19(26)27/h6,8-11H,2-5,7,22H2,1H3,(H,26,27)/t9-,10+/m0/s1. The zero-order valence-electron chi connectivity index (χ0n) is 14.9. The molecule has 144 valence electrons. The van der Waals surface area contributed by atoms with Gasteiger partial charge in [0.05, 0.1) is 10.9 Å². The van der Waals surface area contributed by atoms with Gasteiger partial charge in [0.1, 0.15) is 17.1 Å². The number of rotatable bonds is 4. The van der Waals surface area contributed by atoms with Crippen LogP contribution in [0.5, 0.6) is 0 Å². The van der Waals surface area contributed by atoms with Crippen LogP contribution in [0.1, 0.15) is 42.6 Å². The number of fused-ring (bicyclic) bond motifs is 1. The van der Waals surface area contributed by atoms with E-state index in [0.717, 1.165) is 25.3 Å². The second-order valence-electron chi connectivity index (χ2n) is 7.59. The molecule has 1 aromatic heterocycles. The Morgan fingerprint density at radius 3 is 2.59 bits per heavy atom. The Kier molecular flexibility index (Phi) is 4.18. The van der Waals surface area contributed by atoms with Gasteiger partial charge in [-0.25, -0.2) is 13.6 Å². The van der Waals surface area contributed by atoms with Crippen molar-refractivity contribution in [3.05, 3.63) is 39.7 Å². The normalized spacial score (nSPS) is 21.0. The molecule has 1 aliphatic carbocycles. The summed E-state index contributed by atoms with van der Waals surface area (Å²) in [6.07, 6.45) is 3.45. The SMILES string of the molecule is C[C@H](N)[C@@H]1CCN(c2c(F)cc3c(=O)c(C(=O)O)cn(C4CC4)c3c2F)C1. The number of benzene rings is 1. The molecule has 4 rings (SSSR count). The van der Waals surface area contributed by atoms with E-state index in [1.54, 1.807) is 4.90 Å². The largest absolute Gasteiger partial charge is 0.477 e. The lowest BCUT2D eigenvalue weighted by molar-refractivity contribution is 0.0695. The van der Waals surface area contributed by atoms with E-state index in [1.165, 1.54) is 10.8 Å². The first-order valence-corrected chi connectivity index (χ1v) is 9.10. The van der Waals surface area contributed by atoms with Crippen molar-refractivity contribution >= 4 is 22.6 Å². The molecular weight excluding hydrogens is 356 g/mol. The molecule has 6 nitrogen and oxygen atoms in total. The number of carboxylic acids is 1. The summed E-state index contributed by atoms with van der Waals surface area (Å²) in [5.41, 5.74) is 4.40. The van der Waals surface area contributed by atoms with E-state index in [2.05, 4.69) is 0 Å². The summed E-state index contributed by atoms with van der Waals surface area (Å²) in [5, 5.41) is 9.04. The number of anilines is 1. The third-order valence-electron chi connectivity index (χ3n) is 5.64. The van der Waals surface area contributed by atoms with E-state index in [-0.39, 0.29) is 34.6 Å².